The maximum absolute atomic E-state index is 11.7. The topological polar surface area (TPSA) is 81.7 Å². The molecule has 0 aliphatic heterocycles. The van der Waals surface area contributed by atoms with Gasteiger partial charge in [0.1, 0.15) is 5.75 Å². The highest BCUT2D eigenvalue weighted by atomic mass is 16.5. The van der Waals surface area contributed by atoms with Gasteiger partial charge in [0.25, 0.3) is 5.91 Å². The Kier molecular flexibility index (Phi) is 6.71. The molecule has 0 heterocycles. The predicted molar refractivity (Wildman–Crippen MR) is 92.6 cm³/mol. The van der Waals surface area contributed by atoms with E-state index in [1.807, 2.05) is 18.2 Å². The van der Waals surface area contributed by atoms with Crippen LogP contribution in [0.1, 0.15) is 23.7 Å². The zero-order chi connectivity index (χ0) is 18.1. The quantitative estimate of drug-likeness (QED) is 0.590. The van der Waals surface area contributed by atoms with Crippen LogP contribution in [0.15, 0.2) is 54.6 Å². The van der Waals surface area contributed by atoms with Crippen LogP contribution in [0.3, 0.4) is 0 Å². The van der Waals surface area contributed by atoms with Gasteiger partial charge >= 0.3 is 5.97 Å². The van der Waals surface area contributed by atoms with Gasteiger partial charge in [-0.15, -0.1) is 0 Å². The van der Waals surface area contributed by atoms with Gasteiger partial charge in [0, 0.05) is 11.3 Å². The molecule has 0 aromatic heterocycles. The molecule has 130 valence electrons. The number of nitrogens with one attached hydrogen (secondary N) is 1. The zero-order valence-electron chi connectivity index (χ0n) is 13.9. The van der Waals surface area contributed by atoms with Crippen molar-refractivity contribution in [1.29, 1.82) is 0 Å². The van der Waals surface area contributed by atoms with Crippen molar-refractivity contribution < 1.29 is 23.9 Å². The number of Topliss-reactive ketones (excluding diaryl/α,β-unsaturated/α-hetero) is 1. The number of hydrogen-bond acceptors (Lipinski definition) is 5. The van der Waals surface area contributed by atoms with E-state index in [2.05, 4.69) is 5.32 Å². The SMILES string of the molecule is CC(=O)c1ccc(NC(=O)COC(=O)CCOc2ccccc2)cc1. The van der Waals surface area contributed by atoms with Crippen molar-refractivity contribution >= 4 is 23.3 Å². The minimum Gasteiger partial charge on any atom is -0.493 e. The Hall–Kier alpha value is -3.15. The average molecular weight is 341 g/mol. The smallest absolute Gasteiger partial charge is 0.309 e. The van der Waals surface area contributed by atoms with Crippen LogP contribution in [-0.2, 0) is 14.3 Å². The predicted octanol–water partition coefficient (Wildman–Crippen LogP) is 2.84. The highest BCUT2D eigenvalue weighted by Gasteiger charge is 2.09. The number of para-hydroxylation sites is 1. The molecule has 2 rings (SSSR count). The Morgan fingerprint density at radius 3 is 2.28 bits per heavy atom. The summed E-state index contributed by atoms with van der Waals surface area (Å²) in [5.41, 5.74) is 1.08. The molecule has 0 saturated heterocycles. The van der Waals surface area contributed by atoms with E-state index >= 15 is 0 Å². The number of carbonyl (C=O) groups excluding carboxylic acids is 3. The average Bonchev–Trinajstić information content (AvgIpc) is 2.61. The van der Waals surface area contributed by atoms with E-state index in [0.29, 0.717) is 17.0 Å². The Morgan fingerprint density at radius 1 is 0.960 bits per heavy atom. The summed E-state index contributed by atoms with van der Waals surface area (Å²) in [7, 11) is 0. The second kappa shape index (κ2) is 9.22. The van der Waals surface area contributed by atoms with Crippen LogP contribution in [0.5, 0.6) is 5.75 Å². The van der Waals surface area contributed by atoms with Gasteiger partial charge in [-0.05, 0) is 43.3 Å². The maximum Gasteiger partial charge on any atom is 0.309 e. The third-order valence-corrected chi connectivity index (χ3v) is 3.26. The molecule has 0 radical (unpaired) electrons. The molecule has 0 aliphatic carbocycles. The molecule has 0 saturated carbocycles. The summed E-state index contributed by atoms with van der Waals surface area (Å²) in [6.07, 6.45) is 0.0511. The summed E-state index contributed by atoms with van der Waals surface area (Å²) in [5, 5.41) is 2.59. The molecule has 2 aromatic carbocycles. The number of benzene rings is 2. The van der Waals surface area contributed by atoms with Gasteiger partial charge in [-0.25, -0.2) is 0 Å². The molecule has 0 atom stereocenters. The molecule has 6 nitrogen and oxygen atoms in total. The van der Waals surface area contributed by atoms with E-state index in [4.69, 9.17) is 9.47 Å². The van der Waals surface area contributed by atoms with Crippen molar-refractivity contribution in [3.05, 3.63) is 60.2 Å². The molecule has 0 fully saturated rings. The normalized spacial score (nSPS) is 9.96. The first-order valence-corrected chi connectivity index (χ1v) is 7.79. The molecule has 6 heteroatoms. The van der Waals surface area contributed by atoms with E-state index in [9.17, 15) is 14.4 Å². The van der Waals surface area contributed by atoms with Gasteiger partial charge in [-0.2, -0.15) is 0 Å². The standard InChI is InChI=1S/C19H19NO5/c1-14(21)15-7-9-16(10-8-15)20-18(22)13-25-19(23)11-12-24-17-5-3-2-4-6-17/h2-10H,11-13H2,1H3,(H,20,22). The van der Waals surface area contributed by atoms with E-state index in [1.54, 1.807) is 36.4 Å². The number of esters is 1. The lowest BCUT2D eigenvalue weighted by Crippen LogP contribution is -2.21. The van der Waals surface area contributed by atoms with Gasteiger partial charge in [-0.1, -0.05) is 18.2 Å². The van der Waals surface area contributed by atoms with Gasteiger partial charge < -0.3 is 14.8 Å². The third kappa shape index (κ3) is 6.47. The first kappa shape index (κ1) is 18.2. The first-order chi connectivity index (χ1) is 12.0. The van der Waals surface area contributed by atoms with Crippen molar-refractivity contribution in [2.45, 2.75) is 13.3 Å². The molecule has 1 amide bonds. The molecule has 0 unspecified atom stereocenters. The number of ketones is 1. The molecule has 1 N–H and O–H groups in total. The second-order valence-corrected chi connectivity index (χ2v) is 5.25. The van der Waals surface area contributed by atoms with Crippen LogP contribution >= 0.6 is 0 Å². The van der Waals surface area contributed by atoms with E-state index in [1.165, 1.54) is 6.92 Å². The highest BCUT2D eigenvalue weighted by Crippen LogP contribution is 2.10. The van der Waals surface area contributed by atoms with E-state index < -0.39 is 11.9 Å². The fourth-order valence-electron chi connectivity index (χ4n) is 1.97. The van der Waals surface area contributed by atoms with Crippen LogP contribution in [0.2, 0.25) is 0 Å². The van der Waals surface area contributed by atoms with Crippen molar-refractivity contribution in [3.63, 3.8) is 0 Å². The molecule has 0 bridgehead atoms. The van der Waals surface area contributed by atoms with Crippen molar-refractivity contribution in [2.24, 2.45) is 0 Å². The third-order valence-electron chi connectivity index (χ3n) is 3.26. The lowest BCUT2D eigenvalue weighted by molar-refractivity contribution is -0.147. The number of rotatable bonds is 8. The molecule has 0 aliphatic rings. The Balaban J connectivity index is 1.66. The first-order valence-electron chi connectivity index (χ1n) is 7.79. The number of carbonyl (C=O) groups is 3. The van der Waals surface area contributed by atoms with E-state index in [0.717, 1.165) is 0 Å². The summed E-state index contributed by atoms with van der Waals surface area (Å²) in [6, 6.07) is 15.6. The Labute approximate surface area is 145 Å². The molecule has 0 spiro atoms. The fourth-order valence-corrected chi connectivity index (χ4v) is 1.97. The van der Waals surface area contributed by atoms with E-state index in [-0.39, 0.29) is 25.4 Å². The number of anilines is 1. The summed E-state index contributed by atoms with van der Waals surface area (Å²) in [5.74, 6) is -0.350. The minimum absolute atomic E-state index is 0.0511. The fraction of sp³-hybridized carbons (Fsp3) is 0.211. The van der Waals surface area contributed by atoms with Gasteiger partial charge in [0.05, 0.1) is 13.0 Å². The van der Waals surface area contributed by atoms with Crippen LogP contribution in [-0.4, -0.2) is 30.9 Å². The number of ether oxygens (including phenoxy) is 2. The Morgan fingerprint density at radius 2 is 1.64 bits per heavy atom. The number of hydrogen-bond donors (Lipinski definition) is 1. The van der Waals surface area contributed by atoms with Crippen LogP contribution in [0.25, 0.3) is 0 Å². The summed E-state index contributed by atoms with van der Waals surface area (Å²) >= 11 is 0. The van der Waals surface area contributed by atoms with Crippen LogP contribution < -0.4 is 10.1 Å². The summed E-state index contributed by atoms with van der Waals surface area (Å²) in [6.45, 7) is 1.27. The largest absolute Gasteiger partial charge is 0.493 e. The summed E-state index contributed by atoms with van der Waals surface area (Å²) in [4.78, 5) is 34.5. The Bertz CT molecular complexity index is 725. The van der Waals surface area contributed by atoms with Gasteiger partial charge in [0.2, 0.25) is 0 Å². The van der Waals surface area contributed by atoms with Gasteiger partial charge in [-0.3, -0.25) is 14.4 Å². The molecule has 25 heavy (non-hydrogen) atoms. The number of amides is 1. The lowest BCUT2D eigenvalue weighted by Gasteiger charge is -2.08. The van der Waals surface area contributed by atoms with Gasteiger partial charge in [0.15, 0.2) is 12.4 Å². The molecule has 2 aromatic rings. The minimum atomic E-state index is -0.516. The lowest BCUT2D eigenvalue weighted by atomic mass is 10.1. The second-order valence-electron chi connectivity index (χ2n) is 5.25. The molecular formula is C19H19NO5. The van der Waals surface area contributed by atoms with Crippen LogP contribution in [0, 0.1) is 0 Å². The van der Waals surface area contributed by atoms with Crippen molar-refractivity contribution in [2.75, 3.05) is 18.5 Å². The van der Waals surface area contributed by atoms with Crippen molar-refractivity contribution in [1.82, 2.24) is 0 Å². The summed E-state index contributed by atoms with van der Waals surface area (Å²) < 4.78 is 10.3. The highest BCUT2D eigenvalue weighted by molar-refractivity contribution is 5.96. The monoisotopic (exact) mass is 341 g/mol. The van der Waals surface area contributed by atoms with Crippen molar-refractivity contribution in [3.8, 4) is 5.75 Å². The maximum atomic E-state index is 11.7. The zero-order valence-corrected chi connectivity index (χ0v) is 13.9. The molecular weight excluding hydrogens is 322 g/mol. The van der Waals surface area contributed by atoms with Crippen LogP contribution in [0.4, 0.5) is 5.69 Å².